The number of nitrogens with zero attached hydrogens (tertiary/aromatic N) is 3. The second-order valence-electron chi connectivity index (χ2n) is 8.41. The first-order valence-electron chi connectivity index (χ1n) is 11.0. The van der Waals surface area contributed by atoms with Crippen molar-refractivity contribution < 1.29 is 17.6 Å². The molecule has 0 aliphatic carbocycles. The van der Waals surface area contributed by atoms with E-state index >= 15 is 0 Å². The number of halogens is 4. The summed E-state index contributed by atoms with van der Waals surface area (Å²) in [6, 6.07) is 8.42. The molecule has 5 N–H and O–H groups in total. The summed E-state index contributed by atoms with van der Waals surface area (Å²) < 4.78 is 53.6. The predicted octanol–water partition coefficient (Wildman–Crippen LogP) is 3.68. The summed E-state index contributed by atoms with van der Waals surface area (Å²) in [6.07, 6.45) is -1.97. The van der Waals surface area contributed by atoms with Crippen molar-refractivity contribution in [3.05, 3.63) is 53.3 Å². The van der Waals surface area contributed by atoms with Gasteiger partial charge in [0.05, 0.1) is 17.5 Å². The number of anilines is 3. The van der Waals surface area contributed by atoms with Crippen LogP contribution < -0.4 is 26.7 Å². The summed E-state index contributed by atoms with van der Waals surface area (Å²) in [5.74, 6) is -0.479. The summed E-state index contributed by atoms with van der Waals surface area (Å²) in [7, 11) is 4.05. The van der Waals surface area contributed by atoms with Gasteiger partial charge < -0.3 is 26.2 Å². The molecule has 1 atom stereocenters. The smallest absolute Gasteiger partial charge is 0.383 e. The van der Waals surface area contributed by atoms with Crippen LogP contribution in [0.15, 0.2) is 41.5 Å². The quantitative estimate of drug-likeness (QED) is 0.135. The number of likely N-dealkylation sites (N-methyl/N-ethyl adjacent to an activating group) is 1. The van der Waals surface area contributed by atoms with Gasteiger partial charge >= 0.3 is 6.18 Å². The molecule has 35 heavy (non-hydrogen) atoms. The molecule has 7 nitrogen and oxygen atoms in total. The summed E-state index contributed by atoms with van der Waals surface area (Å²) in [4.78, 5) is 4.32. The highest BCUT2D eigenvalue weighted by Gasteiger charge is 2.30. The van der Waals surface area contributed by atoms with Crippen LogP contribution in [0.3, 0.4) is 0 Å². The Bertz CT molecular complexity index is 1060. The van der Waals surface area contributed by atoms with Crippen LogP contribution in [0.25, 0.3) is 0 Å². The van der Waals surface area contributed by atoms with Gasteiger partial charge in [-0.3, -0.25) is 5.43 Å². The zero-order valence-electron chi connectivity index (χ0n) is 19.5. The standard InChI is InChI=1S/C23H29F4N7S/c1-33(2)18-6-9-34(14-18)21-12-20(19(24)10-15(21)13-31-32-22(28)35)30-8-7-29-17-5-3-4-16(11-17)23(25,26)27/h3-5,10-13,18,29-30H,6-9,14H2,1-2H3,(H3,28,32,35)/b31-13+. The van der Waals surface area contributed by atoms with Crippen LogP contribution in [-0.2, 0) is 6.18 Å². The summed E-state index contributed by atoms with van der Waals surface area (Å²) in [5, 5.41) is 9.94. The van der Waals surface area contributed by atoms with Gasteiger partial charge in [-0.1, -0.05) is 6.07 Å². The Hall–Kier alpha value is -3.12. The van der Waals surface area contributed by atoms with Crippen LogP contribution in [0.4, 0.5) is 34.6 Å². The number of hydrazone groups is 1. The zero-order valence-corrected chi connectivity index (χ0v) is 20.3. The Labute approximate surface area is 207 Å². The summed E-state index contributed by atoms with van der Waals surface area (Å²) >= 11 is 4.75. The molecule has 0 radical (unpaired) electrons. The minimum absolute atomic E-state index is 0.00340. The van der Waals surface area contributed by atoms with E-state index in [4.69, 9.17) is 18.0 Å². The van der Waals surface area contributed by atoms with Gasteiger partial charge in [0.2, 0.25) is 0 Å². The maximum absolute atomic E-state index is 14.9. The van der Waals surface area contributed by atoms with E-state index in [-0.39, 0.29) is 5.11 Å². The van der Waals surface area contributed by atoms with Crippen LogP contribution in [0, 0.1) is 5.82 Å². The van der Waals surface area contributed by atoms with Gasteiger partial charge in [-0.25, -0.2) is 4.39 Å². The van der Waals surface area contributed by atoms with Crippen LogP contribution in [0.1, 0.15) is 17.5 Å². The Balaban J connectivity index is 1.71. The molecular weight excluding hydrogens is 482 g/mol. The van der Waals surface area contributed by atoms with E-state index in [0.29, 0.717) is 36.1 Å². The van der Waals surface area contributed by atoms with Crippen molar-refractivity contribution in [2.45, 2.75) is 18.6 Å². The third kappa shape index (κ3) is 7.43. The highest BCUT2D eigenvalue weighted by molar-refractivity contribution is 7.80. The molecule has 190 valence electrons. The molecule has 2 aromatic rings. The summed E-state index contributed by atoms with van der Waals surface area (Å²) in [5.41, 5.74) is 9.16. The van der Waals surface area contributed by atoms with Crippen LogP contribution in [0.2, 0.25) is 0 Å². The summed E-state index contributed by atoms with van der Waals surface area (Å²) in [6.45, 7) is 2.17. The fourth-order valence-corrected chi connectivity index (χ4v) is 3.90. The lowest BCUT2D eigenvalue weighted by atomic mass is 10.1. The van der Waals surface area contributed by atoms with Gasteiger partial charge in [-0.05, 0) is 63.1 Å². The number of hydrogen-bond acceptors (Lipinski definition) is 6. The maximum atomic E-state index is 14.9. The van der Waals surface area contributed by atoms with Gasteiger partial charge in [0.25, 0.3) is 0 Å². The number of rotatable bonds is 9. The van der Waals surface area contributed by atoms with Gasteiger partial charge in [-0.2, -0.15) is 18.3 Å². The first-order valence-corrected chi connectivity index (χ1v) is 11.4. The molecule has 0 bridgehead atoms. The van der Waals surface area contributed by atoms with Gasteiger partial charge in [-0.15, -0.1) is 0 Å². The molecule has 0 spiro atoms. The van der Waals surface area contributed by atoms with E-state index in [1.165, 1.54) is 18.3 Å². The second-order valence-corrected chi connectivity index (χ2v) is 8.85. The molecule has 0 saturated carbocycles. The Morgan fingerprint density at radius 3 is 2.63 bits per heavy atom. The minimum Gasteiger partial charge on any atom is -0.383 e. The SMILES string of the molecule is CN(C)C1CCN(c2cc(NCCNc3cccc(C(F)(F)F)c3)c(F)cc2/C=N/NC(N)=S)C1. The average molecular weight is 512 g/mol. The Kier molecular flexibility index (Phi) is 8.73. The van der Waals surface area contributed by atoms with Gasteiger partial charge in [0.15, 0.2) is 5.11 Å². The largest absolute Gasteiger partial charge is 0.416 e. The number of nitrogens with one attached hydrogen (secondary N) is 3. The van der Waals surface area contributed by atoms with Crippen LogP contribution in [-0.4, -0.2) is 62.5 Å². The zero-order chi connectivity index (χ0) is 25.6. The molecule has 1 heterocycles. The average Bonchev–Trinajstić information content (AvgIpc) is 3.28. The van der Waals surface area contributed by atoms with E-state index in [0.717, 1.165) is 37.3 Å². The first-order chi connectivity index (χ1) is 16.5. The highest BCUT2D eigenvalue weighted by Crippen LogP contribution is 2.31. The third-order valence-corrected chi connectivity index (χ3v) is 5.78. The molecule has 0 amide bonds. The van der Waals surface area contributed by atoms with Crippen molar-refractivity contribution in [1.29, 1.82) is 0 Å². The molecule has 1 unspecified atom stereocenters. The Morgan fingerprint density at radius 1 is 1.23 bits per heavy atom. The normalized spacial score (nSPS) is 16.2. The molecule has 1 saturated heterocycles. The van der Waals surface area contributed by atoms with E-state index in [9.17, 15) is 17.6 Å². The number of nitrogens with two attached hydrogens (primary N) is 1. The fourth-order valence-electron chi connectivity index (χ4n) is 3.85. The molecular formula is C23H29F4N7S. The molecule has 1 aliphatic rings. The molecule has 1 fully saturated rings. The highest BCUT2D eigenvalue weighted by atomic mass is 32.1. The van der Waals surface area contributed by atoms with E-state index in [1.807, 2.05) is 14.1 Å². The van der Waals surface area contributed by atoms with Crippen molar-refractivity contribution in [2.24, 2.45) is 10.8 Å². The minimum atomic E-state index is -4.41. The number of hydrogen-bond donors (Lipinski definition) is 4. The maximum Gasteiger partial charge on any atom is 0.416 e. The Morgan fingerprint density at radius 2 is 1.97 bits per heavy atom. The van der Waals surface area contributed by atoms with E-state index in [2.05, 4.69) is 31.0 Å². The molecule has 1 aliphatic heterocycles. The lowest BCUT2D eigenvalue weighted by Gasteiger charge is -2.24. The molecule has 0 aromatic heterocycles. The lowest BCUT2D eigenvalue weighted by Crippen LogP contribution is -2.32. The molecule has 12 heteroatoms. The van der Waals surface area contributed by atoms with Gasteiger partial charge in [0, 0.05) is 49.2 Å². The van der Waals surface area contributed by atoms with Crippen LogP contribution in [0.5, 0.6) is 0 Å². The van der Waals surface area contributed by atoms with E-state index < -0.39 is 17.6 Å². The van der Waals surface area contributed by atoms with E-state index in [1.54, 1.807) is 12.1 Å². The third-order valence-electron chi connectivity index (χ3n) is 5.69. The van der Waals surface area contributed by atoms with Crippen molar-refractivity contribution in [1.82, 2.24) is 10.3 Å². The molecule has 3 rings (SSSR count). The molecule has 2 aromatic carbocycles. The number of benzene rings is 2. The second kappa shape index (κ2) is 11.5. The van der Waals surface area contributed by atoms with Crippen LogP contribution >= 0.6 is 12.2 Å². The lowest BCUT2D eigenvalue weighted by molar-refractivity contribution is -0.137. The van der Waals surface area contributed by atoms with Crippen molar-refractivity contribution >= 4 is 40.6 Å². The van der Waals surface area contributed by atoms with Crippen molar-refractivity contribution in [3.63, 3.8) is 0 Å². The van der Waals surface area contributed by atoms with Crippen molar-refractivity contribution in [2.75, 3.05) is 55.8 Å². The first kappa shape index (κ1) is 26.5. The van der Waals surface area contributed by atoms with Gasteiger partial charge in [0.1, 0.15) is 5.82 Å². The number of thiocarbonyl (C=S) groups is 1. The predicted molar refractivity (Wildman–Crippen MR) is 137 cm³/mol. The monoisotopic (exact) mass is 511 g/mol. The fraction of sp³-hybridized carbons (Fsp3) is 0.391. The number of alkyl halides is 3. The van der Waals surface area contributed by atoms with Crippen molar-refractivity contribution in [3.8, 4) is 0 Å². The topological polar surface area (TPSA) is 81.0 Å².